The first kappa shape index (κ1) is 31.6. The van der Waals surface area contributed by atoms with Crippen LogP contribution in [0.2, 0.25) is 0 Å². The lowest BCUT2D eigenvalue weighted by Gasteiger charge is -2.28. The Kier molecular flexibility index (Phi) is 9.85. The number of methoxy groups -OCH3 is 1. The van der Waals surface area contributed by atoms with Gasteiger partial charge in [-0.3, -0.25) is 15.5 Å². The van der Waals surface area contributed by atoms with Crippen LogP contribution in [0.1, 0.15) is 42.3 Å². The molecule has 44 heavy (non-hydrogen) atoms. The summed E-state index contributed by atoms with van der Waals surface area (Å²) in [6, 6.07) is 10.1. The molecule has 2 heterocycles. The number of carbonyl (C=O) groups is 2. The fourth-order valence-corrected chi connectivity index (χ4v) is 4.53. The van der Waals surface area contributed by atoms with Crippen LogP contribution in [0.4, 0.5) is 10.5 Å². The maximum atomic E-state index is 12.4. The summed E-state index contributed by atoms with van der Waals surface area (Å²) in [6.07, 6.45) is 0.0951. The maximum absolute atomic E-state index is 12.4. The Morgan fingerprint density at radius 2 is 1.91 bits per heavy atom. The molecular formula is C30H33N5O9. The van der Waals surface area contributed by atoms with E-state index < -0.39 is 29.2 Å². The highest BCUT2D eigenvalue weighted by atomic mass is 16.6. The van der Waals surface area contributed by atoms with Crippen LogP contribution in [0.15, 0.2) is 63.3 Å². The van der Waals surface area contributed by atoms with Gasteiger partial charge in [0.15, 0.2) is 17.7 Å². The number of rotatable bonds is 12. The van der Waals surface area contributed by atoms with Crippen molar-refractivity contribution in [1.82, 2.24) is 16.1 Å². The van der Waals surface area contributed by atoms with Crippen molar-refractivity contribution in [1.29, 1.82) is 0 Å². The Morgan fingerprint density at radius 1 is 1.16 bits per heavy atom. The number of urea groups is 1. The van der Waals surface area contributed by atoms with Gasteiger partial charge < -0.3 is 34.4 Å². The number of aliphatic hydroxyl groups excluding tert-OH is 1. The Bertz CT molecular complexity index is 1630. The summed E-state index contributed by atoms with van der Waals surface area (Å²) in [7, 11) is 1.26. The van der Waals surface area contributed by atoms with Crippen molar-refractivity contribution in [3.63, 3.8) is 0 Å². The minimum atomic E-state index is -1.23. The van der Waals surface area contributed by atoms with Crippen molar-refractivity contribution in [3.05, 3.63) is 86.3 Å². The van der Waals surface area contributed by atoms with E-state index in [9.17, 15) is 24.8 Å². The maximum Gasteiger partial charge on any atom is 0.337 e. The number of nitrogens with one attached hydrogen (secondary N) is 3. The lowest BCUT2D eigenvalue weighted by atomic mass is 9.95. The van der Waals surface area contributed by atoms with E-state index in [2.05, 4.69) is 21.2 Å². The molecule has 2 atom stereocenters. The lowest BCUT2D eigenvalue weighted by Crippen LogP contribution is -2.45. The molecule has 4 N–H and O–H groups in total. The number of nitrogens with zero attached hydrogens (tertiary/aromatic N) is 2. The molecule has 2 amide bonds. The second-order valence-corrected chi connectivity index (χ2v) is 9.83. The second-order valence-electron chi connectivity index (χ2n) is 9.83. The molecule has 0 fully saturated rings. The highest BCUT2D eigenvalue weighted by Gasteiger charge is 2.32. The fourth-order valence-electron chi connectivity index (χ4n) is 4.53. The average molecular weight is 608 g/mol. The number of nitro groups is 1. The third-order valence-corrected chi connectivity index (χ3v) is 6.79. The summed E-state index contributed by atoms with van der Waals surface area (Å²) in [6.45, 7) is 7.15. The molecule has 14 nitrogen and oxygen atoms in total. The topological polar surface area (TPSA) is 187 Å². The van der Waals surface area contributed by atoms with E-state index in [1.54, 1.807) is 57.2 Å². The SMILES string of the molecule is CCOc1cc([C@H]2NC(=O)NC(C)=C2C(=O)OC)ccc1OC[C@H](O)N/N=C\c1ccc(-c2cc(C)c(C)cc2[N+](=O)[O-])o1. The summed E-state index contributed by atoms with van der Waals surface area (Å²) in [5.41, 5.74) is 5.68. The molecule has 0 aliphatic carbocycles. The minimum Gasteiger partial charge on any atom is -0.490 e. The molecule has 0 saturated heterocycles. The van der Waals surface area contributed by atoms with Crippen molar-refractivity contribution in [2.75, 3.05) is 20.3 Å². The molecule has 0 spiro atoms. The number of carbonyl (C=O) groups excluding carboxylic acids is 2. The first-order valence-electron chi connectivity index (χ1n) is 13.6. The van der Waals surface area contributed by atoms with Gasteiger partial charge in [-0.15, -0.1) is 0 Å². The Balaban J connectivity index is 1.41. The van der Waals surface area contributed by atoms with Crippen LogP contribution in [-0.2, 0) is 9.53 Å². The van der Waals surface area contributed by atoms with Crippen LogP contribution in [0.25, 0.3) is 11.3 Å². The molecule has 4 rings (SSSR count). The normalized spacial score (nSPS) is 15.4. The Morgan fingerprint density at radius 3 is 2.61 bits per heavy atom. The van der Waals surface area contributed by atoms with Crippen LogP contribution in [-0.4, -0.2) is 54.8 Å². The summed E-state index contributed by atoms with van der Waals surface area (Å²) in [5.74, 6) is 0.671. The molecule has 0 unspecified atom stereocenters. The predicted octanol–water partition coefficient (Wildman–Crippen LogP) is 3.99. The second kappa shape index (κ2) is 13.7. The van der Waals surface area contributed by atoms with Gasteiger partial charge in [0, 0.05) is 11.8 Å². The number of aryl methyl sites for hydroxylation is 2. The van der Waals surface area contributed by atoms with E-state index in [0.29, 0.717) is 46.5 Å². The number of ether oxygens (including phenoxy) is 3. The summed E-state index contributed by atoms with van der Waals surface area (Å²) < 4.78 is 22.1. The molecular weight excluding hydrogens is 574 g/mol. The van der Waals surface area contributed by atoms with Crippen LogP contribution >= 0.6 is 0 Å². The van der Waals surface area contributed by atoms with Crippen LogP contribution in [0, 0.1) is 24.0 Å². The highest BCUT2D eigenvalue weighted by Crippen LogP contribution is 2.35. The molecule has 0 saturated carbocycles. The molecule has 1 aliphatic heterocycles. The van der Waals surface area contributed by atoms with Crippen molar-refractivity contribution < 1.29 is 38.2 Å². The van der Waals surface area contributed by atoms with Gasteiger partial charge in [-0.05, 0) is 74.7 Å². The van der Waals surface area contributed by atoms with Gasteiger partial charge in [-0.2, -0.15) is 5.10 Å². The number of furan rings is 1. The third-order valence-electron chi connectivity index (χ3n) is 6.79. The van der Waals surface area contributed by atoms with E-state index in [0.717, 1.165) is 11.1 Å². The standard InChI is InChI=1S/C30H33N5O9/c1-6-42-25-13-19(28-27(29(37)41-5)18(4)32-30(38)33-28)7-9-24(25)43-15-26(36)34-31-14-20-8-10-23(44-20)21-11-16(2)17(3)12-22(21)35(39)40/h7-14,26,28,34,36H,6,15H2,1-5H3,(H2,32,33,38)/b31-14-/t26-,28+/m0/s1. The summed E-state index contributed by atoms with van der Waals surface area (Å²) in [4.78, 5) is 35.6. The molecule has 14 heteroatoms. The predicted molar refractivity (Wildman–Crippen MR) is 159 cm³/mol. The van der Waals surface area contributed by atoms with Crippen molar-refractivity contribution >= 4 is 23.9 Å². The lowest BCUT2D eigenvalue weighted by molar-refractivity contribution is -0.384. The smallest absolute Gasteiger partial charge is 0.337 e. The van der Waals surface area contributed by atoms with Crippen LogP contribution in [0.3, 0.4) is 0 Å². The molecule has 232 valence electrons. The summed E-state index contributed by atoms with van der Waals surface area (Å²) >= 11 is 0. The molecule has 0 bridgehead atoms. The number of hydrogen-bond acceptors (Lipinski definition) is 11. The quantitative estimate of drug-likeness (QED) is 0.0771. The van der Waals surface area contributed by atoms with Gasteiger partial charge in [0.05, 0.1) is 42.0 Å². The van der Waals surface area contributed by atoms with Gasteiger partial charge in [-0.25, -0.2) is 9.59 Å². The number of hydrogen-bond donors (Lipinski definition) is 4. The van der Waals surface area contributed by atoms with Crippen LogP contribution in [0.5, 0.6) is 11.5 Å². The molecule has 3 aromatic rings. The third kappa shape index (κ3) is 7.15. The molecule has 1 aliphatic rings. The Labute approximate surface area is 252 Å². The van der Waals surface area contributed by atoms with Crippen molar-refractivity contribution in [2.45, 2.75) is 40.0 Å². The molecule has 2 aromatic carbocycles. The van der Waals surface area contributed by atoms with Gasteiger partial charge in [0.1, 0.15) is 18.1 Å². The minimum absolute atomic E-state index is 0.0629. The number of benzene rings is 2. The monoisotopic (exact) mass is 607 g/mol. The first-order chi connectivity index (χ1) is 21.0. The number of nitro benzene ring substituents is 1. The van der Waals surface area contributed by atoms with Crippen molar-refractivity contribution in [3.8, 4) is 22.8 Å². The zero-order valence-corrected chi connectivity index (χ0v) is 24.8. The largest absolute Gasteiger partial charge is 0.490 e. The average Bonchev–Trinajstić information content (AvgIpc) is 3.45. The highest BCUT2D eigenvalue weighted by molar-refractivity contribution is 5.95. The van der Waals surface area contributed by atoms with E-state index in [1.165, 1.54) is 19.4 Å². The van der Waals surface area contributed by atoms with E-state index >= 15 is 0 Å². The zero-order valence-electron chi connectivity index (χ0n) is 24.8. The van der Waals surface area contributed by atoms with E-state index in [-0.39, 0.29) is 17.9 Å². The number of amides is 2. The number of allylic oxidation sites excluding steroid dienone is 1. The van der Waals surface area contributed by atoms with E-state index in [1.807, 2.05) is 6.92 Å². The van der Waals surface area contributed by atoms with E-state index in [4.69, 9.17) is 18.6 Å². The van der Waals surface area contributed by atoms with Crippen molar-refractivity contribution in [2.24, 2.45) is 5.10 Å². The molecule has 0 radical (unpaired) electrons. The number of aliphatic hydroxyl groups is 1. The van der Waals surface area contributed by atoms with Crippen LogP contribution < -0.4 is 25.5 Å². The summed E-state index contributed by atoms with van der Waals surface area (Å²) in [5, 5.41) is 31.2. The van der Waals surface area contributed by atoms with Gasteiger partial charge in [0.2, 0.25) is 0 Å². The Hall–Kier alpha value is -5.37. The van der Waals surface area contributed by atoms with Gasteiger partial charge >= 0.3 is 12.0 Å². The fraction of sp³-hybridized carbons (Fsp3) is 0.300. The van der Waals surface area contributed by atoms with Gasteiger partial charge in [-0.1, -0.05) is 6.07 Å². The zero-order chi connectivity index (χ0) is 32.0. The van der Waals surface area contributed by atoms with Gasteiger partial charge in [0.25, 0.3) is 5.69 Å². The first-order valence-corrected chi connectivity index (χ1v) is 13.6. The molecule has 1 aromatic heterocycles. The number of hydrazone groups is 1. The number of esters is 1.